The van der Waals surface area contributed by atoms with Crippen LogP contribution in [0, 0.1) is 11.2 Å². The zero-order valence-corrected chi connectivity index (χ0v) is 11.1. The molecule has 0 bridgehead atoms. The Labute approximate surface area is 107 Å². The lowest BCUT2D eigenvalue weighted by Gasteiger charge is -2.26. The highest BCUT2D eigenvalue weighted by Crippen LogP contribution is 2.43. The van der Waals surface area contributed by atoms with E-state index >= 15 is 0 Å². The minimum atomic E-state index is -0.367. The van der Waals surface area contributed by atoms with Crippen molar-refractivity contribution in [3.8, 4) is 0 Å². The molecule has 1 nitrogen and oxygen atoms in total. The lowest BCUT2D eigenvalue weighted by atomic mass is 9.85. The summed E-state index contributed by atoms with van der Waals surface area (Å²) in [6, 6.07) is 4.89. The number of rotatable bonds is 2. The van der Waals surface area contributed by atoms with Gasteiger partial charge >= 0.3 is 0 Å². The summed E-state index contributed by atoms with van der Waals surface area (Å²) < 4.78 is 13.1. The molecule has 3 heteroatoms. The van der Waals surface area contributed by atoms with Crippen LogP contribution in [-0.4, -0.2) is 5.54 Å². The molecule has 1 aliphatic rings. The maximum Gasteiger partial charge on any atom is 0.141 e. The molecule has 1 aliphatic carbocycles. The van der Waals surface area contributed by atoms with E-state index in [1.807, 2.05) is 0 Å². The second-order valence-corrected chi connectivity index (χ2v) is 6.54. The molecule has 0 saturated heterocycles. The smallest absolute Gasteiger partial charge is 0.141 e. The van der Waals surface area contributed by atoms with E-state index < -0.39 is 0 Å². The third kappa shape index (κ3) is 2.99. The predicted molar refractivity (Wildman–Crippen MR) is 69.7 cm³/mol. The lowest BCUT2D eigenvalue weighted by Crippen LogP contribution is -2.40. The monoisotopic (exact) mass is 255 g/mol. The predicted octanol–water partition coefficient (Wildman–Crippen LogP) is 3.93. The first kappa shape index (κ1) is 12.8. The molecule has 1 fully saturated rings. The van der Waals surface area contributed by atoms with Gasteiger partial charge in [-0.25, -0.2) is 4.39 Å². The van der Waals surface area contributed by atoms with E-state index in [1.165, 1.54) is 6.07 Å². The molecule has 1 unspecified atom stereocenters. The molecule has 2 rings (SSSR count). The van der Waals surface area contributed by atoms with Crippen molar-refractivity contribution >= 4 is 11.6 Å². The number of hydrogen-bond acceptors (Lipinski definition) is 1. The summed E-state index contributed by atoms with van der Waals surface area (Å²) in [6.45, 7) is 4.50. The molecule has 1 aromatic rings. The molecule has 1 aromatic carbocycles. The Balaban J connectivity index is 2.13. The Hall–Kier alpha value is -0.600. The van der Waals surface area contributed by atoms with Gasteiger partial charge in [0.05, 0.1) is 5.02 Å². The van der Waals surface area contributed by atoms with Crippen molar-refractivity contribution in [1.29, 1.82) is 0 Å². The van der Waals surface area contributed by atoms with Gasteiger partial charge in [0.2, 0.25) is 0 Å². The van der Waals surface area contributed by atoms with E-state index in [9.17, 15) is 4.39 Å². The van der Waals surface area contributed by atoms with Crippen LogP contribution in [0.4, 0.5) is 4.39 Å². The normalized spacial score (nSPS) is 27.4. The first-order valence-electron chi connectivity index (χ1n) is 6.03. The second-order valence-electron chi connectivity index (χ2n) is 6.13. The summed E-state index contributed by atoms with van der Waals surface area (Å²) in [5.41, 5.74) is 7.60. The third-order valence-corrected chi connectivity index (χ3v) is 3.96. The van der Waals surface area contributed by atoms with Crippen molar-refractivity contribution in [2.45, 2.75) is 45.1 Å². The molecule has 0 radical (unpaired) electrons. The minimum Gasteiger partial charge on any atom is -0.325 e. The third-order valence-electron chi connectivity index (χ3n) is 3.67. The molecule has 0 aromatic heterocycles. The van der Waals surface area contributed by atoms with Gasteiger partial charge in [0.25, 0.3) is 0 Å². The van der Waals surface area contributed by atoms with Crippen molar-refractivity contribution in [2.24, 2.45) is 11.1 Å². The maximum atomic E-state index is 13.1. The SMILES string of the molecule is CC1(C)CCC(N)(Cc2ccc(F)c(Cl)c2)C1. The van der Waals surface area contributed by atoms with Gasteiger partial charge in [-0.05, 0) is 48.8 Å². The zero-order valence-electron chi connectivity index (χ0n) is 10.4. The Morgan fingerprint density at radius 1 is 1.35 bits per heavy atom. The number of nitrogens with two attached hydrogens (primary N) is 1. The summed E-state index contributed by atoms with van der Waals surface area (Å²) in [5.74, 6) is -0.367. The fourth-order valence-corrected chi connectivity index (χ4v) is 3.13. The van der Waals surface area contributed by atoms with Crippen LogP contribution in [0.2, 0.25) is 5.02 Å². The summed E-state index contributed by atoms with van der Waals surface area (Å²) >= 11 is 5.78. The van der Waals surface area contributed by atoms with Crippen molar-refractivity contribution in [3.05, 3.63) is 34.6 Å². The topological polar surface area (TPSA) is 26.0 Å². The molecule has 0 amide bonds. The van der Waals surface area contributed by atoms with E-state index in [-0.39, 0.29) is 16.4 Å². The molecule has 17 heavy (non-hydrogen) atoms. The van der Waals surface area contributed by atoms with Gasteiger partial charge in [-0.3, -0.25) is 0 Å². The first-order valence-corrected chi connectivity index (χ1v) is 6.40. The van der Waals surface area contributed by atoms with Crippen LogP contribution in [0.1, 0.15) is 38.7 Å². The largest absolute Gasteiger partial charge is 0.325 e. The summed E-state index contributed by atoms with van der Waals surface area (Å²) in [5, 5.41) is 0.184. The van der Waals surface area contributed by atoms with Crippen molar-refractivity contribution < 1.29 is 4.39 Å². The average molecular weight is 256 g/mol. The van der Waals surface area contributed by atoms with E-state index in [0.717, 1.165) is 31.2 Å². The van der Waals surface area contributed by atoms with Crippen LogP contribution in [0.25, 0.3) is 0 Å². The highest BCUT2D eigenvalue weighted by atomic mass is 35.5. The standard InChI is InChI=1S/C14H19ClFN/c1-13(2)5-6-14(17,9-13)8-10-3-4-12(16)11(15)7-10/h3-4,7H,5-6,8-9,17H2,1-2H3. The fraction of sp³-hybridized carbons (Fsp3) is 0.571. The van der Waals surface area contributed by atoms with Gasteiger partial charge in [-0.1, -0.05) is 31.5 Å². The molecule has 0 heterocycles. The van der Waals surface area contributed by atoms with Crippen LogP contribution >= 0.6 is 11.6 Å². The fourth-order valence-electron chi connectivity index (χ4n) is 2.92. The van der Waals surface area contributed by atoms with Crippen LogP contribution in [0.15, 0.2) is 18.2 Å². The number of benzene rings is 1. The molecule has 2 N–H and O–H groups in total. The van der Waals surface area contributed by atoms with Crippen LogP contribution in [-0.2, 0) is 6.42 Å². The quantitative estimate of drug-likeness (QED) is 0.851. The molecular formula is C14H19ClFN. The molecule has 1 saturated carbocycles. The Kier molecular flexibility index (Phi) is 3.21. The van der Waals surface area contributed by atoms with Crippen molar-refractivity contribution in [3.63, 3.8) is 0 Å². The average Bonchev–Trinajstić information content (AvgIpc) is 2.47. The summed E-state index contributed by atoms with van der Waals surface area (Å²) in [4.78, 5) is 0. The summed E-state index contributed by atoms with van der Waals surface area (Å²) in [6.07, 6.45) is 3.96. The Morgan fingerprint density at radius 3 is 2.59 bits per heavy atom. The molecule has 1 atom stereocenters. The van der Waals surface area contributed by atoms with Gasteiger partial charge in [0.15, 0.2) is 0 Å². The van der Waals surface area contributed by atoms with Crippen LogP contribution in [0.3, 0.4) is 0 Å². The highest BCUT2D eigenvalue weighted by molar-refractivity contribution is 6.30. The zero-order chi connectivity index (χ0) is 12.7. The Morgan fingerprint density at radius 2 is 2.06 bits per heavy atom. The molecule has 0 spiro atoms. The van der Waals surface area contributed by atoms with E-state index in [2.05, 4.69) is 13.8 Å². The van der Waals surface area contributed by atoms with Gasteiger partial charge in [-0.15, -0.1) is 0 Å². The van der Waals surface area contributed by atoms with Gasteiger partial charge in [0, 0.05) is 5.54 Å². The van der Waals surface area contributed by atoms with Gasteiger partial charge < -0.3 is 5.73 Å². The number of halogens is 2. The van der Waals surface area contributed by atoms with E-state index in [4.69, 9.17) is 17.3 Å². The van der Waals surface area contributed by atoms with Gasteiger partial charge in [-0.2, -0.15) is 0 Å². The highest BCUT2D eigenvalue weighted by Gasteiger charge is 2.40. The van der Waals surface area contributed by atoms with E-state index in [1.54, 1.807) is 12.1 Å². The van der Waals surface area contributed by atoms with Crippen molar-refractivity contribution in [1.82, 2.24) is 0 Å². The molecular weight excluding hydrogens is 237 g/mol. The molecule has 94 valence electrons. The lowest BCUT2D eigenvalue weighted by molar-refractivity contribution is 0.334. The second kappa shape index (κ2) is 4.25. The van der Waals surface area contributed by atoms with E-state index in [0.29, 0.717) is 5.41 Å². The Bertz CT molecular complexity index is 430. The molecule has 0 aliphatic heterocycles. The van der Waals surface area contributed by atoms with Crippen molar-refractivity contribution in [2.75, 3.05) is 0 Å². The van der Waals surface area contributed by atoms with Crippen LogP contribution in [0.5, 0.6) is 0 Å². The number of hydrogen-bond donors (Lipinski definition) is 1. The maximum absolute atomic E-state index is 13.1. The van der Waals surface area contributed by atoms with Gasteiger partial charge in [0.1, 0.15) is 5.82 Å². The first-order chi connectivity index (χ1) is 7.80. The van der Waals surface area contributed by atoms with Crippen LogP contribution < -0.4 is 5.73 Å². The summed E-state index contributed by atoms with van der Waals surface area (Å²) in [7, 11) is 0. The minimum absolute atomic E-state index is 0.162.